The zero-order chi connectivity index (χ0) is 23.8. The summed E-state index contributed by atoms with van der Waals surface area (Å²) in [4.78, 5) is 15.3. The Morgan fingerprint density at radius 1 is 1.21 bits per heavy atom. The van der Waals surface area contributed by atoms with Crippen LogP contribution in [0.25, 0.3) is 32.9 Å². The van der Waals surface area contributed by atoms with E-state index in [1.165, 1.54) is 7.11 Å². The number of β-amino-alcohol motifs (C(OH)–C–C–N with tert-alkyl or cyclic N) is 1. The molecule has 1 saturated heterocycles. The second kappa shape index (κ2) is 9.02. The van der Waals surface area contributed by atoms with Crippen molar-refractivity contribution in [2.24, 2.45) is 0 Å². The van der Waals surface area contributed by atoms with Crippen molar-refractivity contribution in [1.82, 2.24) is 15.0 Å². The minimum Gasteiger partial charge on any atom is -0.508 e. The average molecular weight is 463 g/mol. The number of hydrogen-bond donors (Lipinski definition) is 2. The van der Waals surface area contributed by atoms with Gasteiger partial charge in [-0.25, -0.2) is 4.39 Å². The van der Waals surface area contributed by atoms with Gasteiger partial charge in [0.1, 0.15) is 22.8 Å². The first-order valence-electron chi connectivity index (χ1n) is 11.6. The number of ether oxygens (including phenoxy) is 1. The van der Waals surface area contributed by atoms with E-state index in [1.54, 1.807) is 18.3 Å². The van der Waals surface area contributed by atoms with E-state index in [-0.39, 0.29) is 23.0 Å². The zero-order valence-corrected chi connectivity index (χ0v) is 19.3. The molecular formula is C26H27FN4O3. The Hall–Kier alpha value is -3.52. The molecule has 3 heterocycles. The van der Waals surface area contributed by atoms with E-state index in [0.29, 0.717) is 29.9 Å². The molecule has 1 aliphatic rings. The van der Waals surface area contributed by atoms with Crippen LogP contribution in [-0.2, 0) is 6.42 Å². The Balaban J connectivity index is 1.75. The lowest BCUT2D eigenvalue weighted by molar-refractivity contribution is 0.174. The second-order valence-electron chi connectivity index (χ2n) is 8.67. The van der Waals surface area contributed by atoms with Gasteiger partial charge in [-0.3, -0.25) is 4.98 Å². The van der Waals surface area contributed by atoms with Crippen LogP contribution in [0.3, 0.4) is 0 Å². The fourth-order valence-corrected chi connectivity index (χ4v) is 4.82. The maximum Gasteiger partial charge on any atom is 0.318 e. The van der Waals surface area contributed by atoms with Gasteiger partial charge in [0.05, 0.1) is 18.6 Å². The summed E-state index contributed by atoms with van der Waals surface area (Å²) in [6.07, 6.45) is 4.37. The summed E-state index contributed by atoms with van der Waals surface area (Å²) in [5.41, 5.74) is 1.75. The van der Waals surface area contributed by atoms with E-state index < -0.39 is 11.9 Å². The number of fused-ring (bicyclic) bond motifs is 2. The number of benzene rings is 2. The smallest absolute Gasteiger partial charge is 0.318 e. The van der Waals surface area contributed by atoms with Crippen LogP contribution in [0.1, 0.15) is 31.7 Å². The van der Waals surface area contributed by atoms with Gasteiger partial charge in [-0.1, -0.05) is 25.1 Å². The Kier molecular flexibility index (Phi) is 5.91. The maximum absolute atomic E-state index is 16.1. The minimum absolute atomic E-state index is 0.0385. The number of nitrogens with zero attached hydrogens (tertiary/aromatic N) is 4. The number of hydrogen-bond acceptors (Lipinski definition) is 7. The number of aliphatic hydroxyl groups is 1. The van der Waals surface area contributed by atoms with Gasteiger partial charge in [-0.2, -0.15) is 9.97 Å². The molecule has 7 nitrogen and oxygen atoms in total. The summed E-state index contributed by atoms with van der Waals surface area (Å²) in [5.74, 6) is -0.0695. The Bertz CT molecular complexity index is 1380. The average Bonchev–Trinajstić information content (AvgIpc) is 3.07. The predicted molar refractivity (Wildman–Crippen MR) is 130 cm³/mol. The first-order chi connectivity index (χ1) is 16.5. The Morgan fingerprint density at radius 2 is 2.06 bits per heavy atom. The number of aryl methyl sites for hydroxylation is 1. The molecular weight excluding hydrogens is 435 g/mol. The molecule has 0 amide bonds. The van der Waals surface area contributed by atoms with Gasteiger partial charge in [-0.15, -0.1) is 0 Å². The van der Waals surface area contributed by atoms with Crippen molar-refractivity contribution >= 4 is 27.5 Å². The molecule has 0 bridgehead atoms. The molecule has 0 saturated carbocycles. The number of anilines is 1. The van der Waals surface area contributed by atoms with E-state index in [0.717, 1.165) is 42.0 Å². The van der Waals surface area contributed by atoms with Crippen molar-refractivity contribution in [1.29, 1.82) is 0 Å². The van der Waals surface area contributed by atoms with Crippen molar-refractivity contribution < 1.29 is 19.3 Å². The largest absolute Gasteiger partial charge is 0.508 e. The highest BCUT2D eigenvalue weighted by atomic mass is 19.1. The molecule has 1 atom stereocenters. The third-order valence-corrected chi connectivity index (χ3v) is 6.46. The van der Waals surface area contributed by atoms with Crippen LogP contribution in [0.15, 0.2) is 36.5 Å². The third-order valence-electron chi connectivity index (χ3n) is 6.46. The van der Waals surface area contributed by atoms with Gasteiger partial charge in [0.2, 0.25) is 0 Å². The lowest BCUT2D eigenvalue weighted by Gasteiger charge is -2.25. The lowest BCUT2D eigenvalue weighted by atomic mass is 9.95. The molecule has 0 aliphatic carbocycles. The number of methoxy groups -OCH3 is 1. The van der Waals surface area contributed by atoms with Gasteiger partial charge in [-0.05, 0) is 54.2 Å². The molecule has 0 radical (unpaired) electrons. The monoisotopic (exact) mass is 462 g/mol. The third kappa shape index (κ3) is 3.88. The molecule has 1 aliphatic heterocycles. The van der Waals surface area contributed by atoms with E-state index in [2.05, 4.69) is 15.0 Å². The quantitative estimate of drug-likeness (QED) is 0.458. The standard InChI is InChI=1S/C26H27FN4O3/c1-3-15-7-6-8-16-11-18(33)12-19(21(15)16)23-22(27)24-20(13-28-23)25(30-26(29-24)34-2)31-10-5-4-9-17(32)14-31/h6-8,11-13,17,32-33H,3-5,9-10,14H2,1-2H3. The van der Waals surface area contributed by atoms with Crippen LogP contribution in [0.2, 0.25) is 0 Å². The van der Waals surface area contributed by atoms with Crippen LogP contribution in [-0.4, -0.2) is 51.5 Å². The minimum atomic E-state index is -0.604. The van der Waals surface area contributed by atoms with Gasteiger partial charge in [0.25, 0.3) is 0 Å². The summed E-state index contributed by atoms with van der Waals surface area (Å²) in [5, 5.41) is 22.8. The number of aromatic nitrogens is 3. The fourth-order valence-electron chi connectivity index (χ4n) is 4.82. The van der Waals surface area contributed by atoms with Crippen molar-refractivity contribution in [2.45, 2.75) is 38.7 Å². The maximum atomic E-state index is 16.1. The molecule has 1 fully saturated rings. The topological polar surface area (TPSA) is 91.6 Å². The highest BCUT2D eigenvalue weighted by Gasteiger charge is 2.24. The van der Waals surface area contributed by atoms with E-state index in [1.807, 2.05) is 30.0 Å². The normalized spacial score (nSPS) is 16.7. The summed E-state index contributed by atoms with van der Waals surface area (Å²) in [6, 6.07) is 9.08. The van der Waals surface area contributed by atoms with E-state index in [9.17, 15) is 10.2 Å². The lowest BCUT2D eigenvalue weighted by Crippen LogP contribution is -2.31. The molecule has 4 aromatic rings. The highest BCUT2D eigenvalue weighted by molar-refractivity contribution is 6.01. The molecule has 1 unspecified atom stereocenters. The molecule has 2 aromatic heterocycles. The molecule has 5 rings (SSSR count). The number of aliphatic hydroxyl groups excluding tert-OH is 1. The van der Waals surface area contributed by atoms with Crippen molar-refractivity contribution in [3.63, 3.8) is 0 Å². The number of aromatic hydroxyl groups is 1. The summed E-state index contributed by atoms with van der Waals surface area (Å²) in [7, 11) is 1.44. The van der Waals surface area contributed by atoms with Crippen molar-refractivity contribution in [2.75, 3.05) is 25.1 Å². The van der Waals surface area contributed by atoms with Crippen LogP contribution >= 0.6 is 0 Å². The van der Waals surface area contributed by atoms with Crippen molar-refractivity contribution in [3.05, 3.63) is 47.9 Å². The number of phenolic OH excluding ortho intramolecular Hbond substituents is 1. The summed E-state index contributed by atoms with van der Waals surface area (Å²) in [6.45, 7) is 3.12. The molecule has 8 heteroatoms. The van der Waals surface area contributed by atoms with Gasteiger partial charge in [0.15, 0.2) is 5.82 Å². The number of phenols is 1. The van der Waals surface area contributed by atoms with Crippen LogP contribution in [0.5, 0.6) is 11.8 Å². The fraction of sp³-hybridized carbons (Fsp3) is 0.346. The molecule has 2 N–H and O–H groups in total. The Labute approximate surface area is 196 Å². The SMILES string of the molecule is CCc1cccc2cc(O)cc(-c3ncc4c(N5CCCCC(O)C5)nc(OC)nc4c3F)c12. The molecule has 34 heavy (non-hydrogen) atoms. The summed E-state index contributed by atoms with van der Waals surface area (Å²) < 4.78 is 21.4. The summed E-state index contributed by atoms with van der Waals surface area (Å²) >= 11 is 0. The highest BCUT2D eigenvalue weighted by Crippen LogP contribution is 2.38. The van der Waals surface area contributed by atoms with E-state index in [4.69, 9.17) is 4.74 Å². The number of halogens is 1. The Morgan fingerprint density at radius 3 is 2.85 bits per heavy atom. The van der Waals surface area contributed by atoms with Crippen LogP contribution in [0, 0.1) is 5.82 Å². The zero-order valence-electron chi connectivity index (χ0n) is 19.3. The van der Waals surface area contributed by atoms with E-state index >= 15 is 4.39 Å². The number of rotatable bonds is 4. The molecule has 176 valence electrons. The van der Waals surface area contributed by atoms with Crippen LogP contribution < -0.4 is 9.64 Å². The molecule has 0 spiro atoms. The van der Waals surface area contributed by atoms with Crippen molar-refractivity contribution in [3.8, 4) is 23.0 Å². The first kappa shape index (κ1) is 22.3. The predicted octanol–water partition coefficient (Wildman–Crippen LogP) is 4.61. The first-order valence-corrected chi connectivity index (χ1v) is 11.6. The molecule has 2 aromatic carbocycles. The van der Waals surface area contributed by atoms with Gasteiger partial charge >= 0.3 is 6.01 Å². The number of pyridine rings is 1. The van der Waals surface area contributed by atoms with Gasteiger partial charge < -0.3 is 19.8 Å². The van der Waals surface area contributed by atoms with Crippen LogP contribution in [0.4, 0.5) is 10.2 Å². The van der Waals surface area contributed by atoms with Gasteiger partial charge in [0, 0.05) is 24.8 Å². The second-order valence-corrected chi connectivity index (χ2v) is 8.67.